The first-order chi connectivity index (χ1) is 13.7. The van der Waals surface area contributed by atoms with E-state index in [1.807, 2.05) is 60.7 Å². The Hall–Kier alpha value is -2.96. The fourth-order valence-electron chi connectivity index (χ4n) is 2.96. The van der Waals surface area contributed by atoms with Gasteiger partial charge in [0.1, 0.15) is 0 Å². The lowest BCUT2D eigenvalue weighted by molar-refractivity contribution is -0.0000210. The molecule has 4 aromatic rings. The molecule has 0 aliphatic rings. The number of carboxylic acid groups (broad SMARTS) is 1. The van der Waals surface area contributed by atoms with E-state index in [0.717, 1.165) is 27.3 Å². The van der Waals surface area contributed by atoms with Crippen molar-refractivity contribution in [2.75, 3.05) is 0 Å². The van der Waals surface area contributed by atoms with Crippen molar-refractivity contribution in [3.05, 3.63) is 106 Å². The summed E-state index contributed by atoms with van der Waals surface area (Å²) in [5.41, 5.74) is 4.42. The van der Waals surface area contributed by atoms with E-state index in [9.17, 15) is 4.79 Å². The van der Waals surface area contributed by atoms with Crippen molar-refractivity contribution in [3.8, 4) is 11.3 Å². The summed E-state index contributed by atoms with van der Waals surface area (Å²) in [5, 5.41) is 11.2. The molecular formula is C23H18BrN2O2S-. The molecule has 0 aliphatic heterocycles. The summed E-state index contributed by atoms with van der Waals surface area (Å²) in [4.78, 5) is 16.8. The Bertz CT molecular complexity index is 1150. The molecule has 0 saturated heterocycles. The molecule has 0 fully saturated rings. The molecule has 0 unspecified atom stereocenters. The Labute approximate surface area is 183 Å². The molecule has 146 valence electrons. The van der Waals surface area contributed by atoms with E-state index in [1.165, 1.54) is 0 Å². The van der Waals surface area contributed by atoms with Gasteiger partial charge in [-0.05, 0) is 35.4 Å². The number of halogens is 1. The molecule has 4 nitrogen and oxygen atoms in total. The van der Waals surface area contributed by atoms with Crippen LogP contribution in [0.1, 0.15) is 15.9 Å². The van der Waals surface area contributed by atoms with Crippen LogP contribution in [0.25, 0.3) is 11.3 Å². The number of benzene rings is 3. The number of rotatable bonds is 5. The Morgan fingerprint density at radius 2 is 1.52 bits per heavy atom. The number of hydrogen-bond acceptors (Lipinski definition) is 3. The van der Waals surface area contributed by atoms with Crippen molar-refractivity contribution in [1.29, 1.82) is 0 Å². The highest BCUT2D eigenvalue weighted by Crippen LogP contribution is 2.22. The standard InChI is InChI=1S/C23H18N2O2S.BrH/c26-22(27)19-13-11-17(12-14-19)15-25-21(18-7-3-1-4-8-18)16-28-23(25)24-20-9-5-2-6-10-20;/h1-14,16H,15H2,(H,26,27);1H/p-1. The van der Waals surface area contributed by atoms with Gasteiger partial charge in [0.25, 0.3) is 0 Å². The van der Waals surface area contributed by atoms with E-state index in [2.05, 4.69) is 22.1 Å². The van der Waals surface area contributed by atoms with Crippen LogP contribution in [0.3, 0.4) is 0 Å². The van der Waals surface area contributed by atoms with Crippen LogP contribution in [0.15, 0.2) is 95.3 Å². The Morgan fingerprint density at radius 1 is 0.897 bits per heavy atom. The van der Waals surface area contributed by atoms with Gasteiger partial charge >= 0.3 is 5.97 Å². The monoisotopic (exact) mass is 465 g/mol. The van der Waals surface area contributed by atoms with Crippen LogP contribution in [-0.4, -0.2) is 15.6 Å². The third kappa shape index (κ3) is 4.91. The zero-order valence-corrected chi connectivity index (χ0v) is 17.8. The highest BCUT2D eigenvalue weighted by atomic mass is 79.9. The normalized spacial score (nSPS) is 11.1. The fraction of sp³-hybridized carbons (Fsp3) is 0.0435. The molecule has 0 amide bonds. The van der Waals surface area contributed by atoms with E-state index in [0.29, 0.717) is 6.54 Å². The van der Waals surface area contributed by atoms with Crippen LogP contribution in [0, 0.1) is 0 Å². The van der Waals surface area contributed by atoms with Gasteiger partial charge in [-0.3, -0.25) is 0 Å². The lowest BCUT2D eigenvalue weighted by Gasteiger charge is -2.10. The predicted octanol–water partition coefficient (Wildman–Crippen LogP) is 2.20. The molecule has 3 aromatic carbocycles. The highest BCUT2D eigenvalue weighted by Gasteiger charge is 2.10. The number of aromatic carboxylic acids is 1. The Morgan fingerprint density at radius 3 is 2.14 bits per heavy atom. The van der Waals surface area contributed by atoms with Gasteiger partial charge in [0.05, 0.1) is 23.5 Å². The second-order valence-corrected chi connectivity index (χ2v) is 7.14. The van der Waals surface area contributed by atoms with Crippen LogP contribution in [0.2, 0.25) is 0 Å². The molecule has 1 N–H and O–H groups in total. The topological polar surface area (TPSA) is 54.6 Å². The SMILES string of the molecule is O=C(O)c1ccc(Cn2c(-c3ccccc3)csc2=Nc2ccccc2)cc1.[Br-]. The third-order valence-electron chi connectivity index (χ3n) is 4.39. The average Bonchev–Trinajstić information content (AvgIpc) is 3.12. The number of carbonyl (C=O) groups is 1. The zero-order valence-electron chi connectivity index (χ0n) is 15.4. The van der Waals surface area contributed by atoms with Gasteiger partial charge in [-0.25, -0.2) is 9.79 Å². The first kappa shape index (κ1) is 20.8. The molecule has 0 spiro atoms. The lowest BCUT2D eigenvalue weighted by Crippen LogP contribution is -3.00. The Kier molecular flexibility index (Phi) is 6.80. The van der Waals surface area contributed by atoms with E-state index >= 15 is 0 Å². The molecule has 0 atom stereocenters. The molecule has 0 saturated carbocycles. The van der Waals surface area contributed by atoms with Crippen LogP contribution < -0.4 is 21.8 Å². The number of aromatic nitrogens is 1. The molecule has 1 heterocycles. The summed E-state index contributed by atoms with van der Waals surface area (Å²) < 4.78 is 2.17. The van der Waals surface area contributed by atoms with Gasteiger partial charge in [0, 0.05) is 5.38 Å². The molecule has 1 aromatic heterocycles. The van der Waals surface area contributed by atoms with Gasteiger partial charge < -0.3 is 26.7 Å². The van der Waals surface area contributed by atoms with Crippen LogP contribution in [0.5, 0.6) is 0 Å². The Balaban J connectivity index is 0.00000240. The van der Waals surface area contributed by atoms with Crippen molar-refractivity contribution >= 4 is 23.0 Å². The van der Waals surface area contributed by atoms with Crippen LogP contribution in [0.4, 0.5) is 5.69 Å². The number of para-hydroxylation sites is 1. The molecule has 0 bridgehead atoms. The molecular weight excluding hydrogens is 448 g/mol. The first-order valence-corrected chi connectivity index (χ1v) is 9.74. The first-order valence-electron chi connectivity index (χ1n) is 8.86. The summed E-state index contributed by atoms with van der Waals surface area (Å²) in [6.07, 6.45) is 0. The third-order valence-corrected chi connectivity index (χ3v) is 5.25. The van der Waals surface area contributed by atoms with Crippen molar-refractivity contribution in [2.24, 2.45) is 4.99 Å². The molecule has 0 aliphatic carbocycles. The lowest BCUT2D eigenvalue weighted by atomic mass is 10.1. The van der Waals surface area contributed by atoms with E-state index < -0.39 is 5.97 Å². The highest BCUT2D eigenvalue weighted by molar-refractivity contribution is 7.07. The van der Waals surface area contributed by atoms with Crippen LogP contribution >= 0.6 is 11.3 Å². The van der Waals surface area contributed by atoms with Crippen molar-refractivity contribution in [1.82, 2.24) is 4.57 Å². The van der Waals surface area contributed by atoms with E-state index in [1.54, 1.807) is 23.5 Å². The summed E-state index contributed by atoms with van der Waals surface area (Å²) >= 11 is 1.60. The van der Waals surface area contributed by atoms with Gasteiger partial charge in [0.2, 0.25) is 0 Å². The minimum Gasteiger partial charge on any atom is -1.00 e. The average molecular weight is 466 g/mol. The number of nitrogens with zero attached hydrogens (tertiary/aromatic N) is 2. The number of thiazole rings is 1. The van der Waals surface area contributed by atoms with E-state index in [4.69, 9.17) is 10.1 Å². The summed E-state index contributed by atoms with van der Waals surface area (Å²) in [6, 6.07) is 27.1. The van der Waals surface area contributed by atoms with E-state index in [-0.39, 0.29) is 22.5 Å². The van der Waals surface area contributed by atoms with Gasteiger partial charge in [-0.1, -0.05) is 60.7 Å². The quantitative estimate of drug-likeness (QED) is 0.491. The molecule has 4 rings (SSSR count). The number of hydrogen-bond donors (Lipinski definition) is 1. The largest absolute Gasteiger partial charge is 1.00 e. The second kappa shape index (κ2) is 9.49. The smallest absolute Gasteiger partial charge is 0.335 e. The van der Waals surface area contributed by atoms with Gasteiger partial charge in [-0.2, -0.15) is 0 Å². The second-order valence-electron chi connectivity index (χ2n) is 6.31. The maximum atomic E-state index is 11.1. The van der Waals surface area contributed by atoms with Gasteiger partial charge in [0.15, 0.2) is 4.80 Å². The minimum absolute atomic E-state index is 0. The minimum atomic E-state index is -0.917. The van der Waals surface area contributed by atoms with Gasteiger partial charge in [-0.15, -0.1) is 11.3 Å². The number of carboxylic acids is 1. The molecule has 6 heteroatoms. The molecule has 0 radical (unpaired) electrons. The summed E-state index contributed by atoms with van der Waals surface area (Å²) in [5.74, 6) is -0.917. The van der Waals surface area contributed by atoms with Crippen molar-refractivity contribution in [3.63, 3.8) is 0 Å². The predicted molar refractivity (Wildman–Crippen MR) is 112 cm³/mol. The van der Waals surface area contributed by atoms with Crippen LogP contribution in [-0.2, 0) is 6.54 Å². The summed E-state index contributed by atoms with van der Waals surface area (Å²) in [7, 11) is 0. The molecule has 29 heavy (non-hydrogen) atoms. The zero-order chi connectivity index (χ0) is 19.3. The van der Waals surface area contributed by atoms with Crippen molar-refractivity contribution in [2.45, 2.75) is 6.54 Å². The maximum Gasteiger partial charge on any atom is 0.335 e. The summed E-state index contributed by atoms with van der Waals surface area (Å²) in [6.45, 7) is 0.610. The fourth-order valence-corrected chi connectivity index (χ4v) is 3.89. The maximum absolute atomic E-state index is 11.1. The van der Waals surface area contributed by atoms with Crippen molar-refractivity contribution < 1.29 is 26.9 Å².